The zero-order chi connectivity index (χ0) is 12.1. The predicted octanol–water partition coefficient (Wildman–Crippen LogP) is 0.909. The van der Waals surface area contributed by atoms with Gasteiger partial charge in [-0.2, -0.15) is 0 Å². The van der Waals surface area contributed by atoms with E-state index in [1.54, 1.807) is 0 Å². The lowest BCUT2D eigenvalue weighted by Crippen LogP contribution is -2.36. The van der Waals surface area contributed by atoms with Crippen LogP contribution < -0.4 is 11.1 Å². The number of carbonyl (C=O) groups is 1. The third-order valence-corrected chi connectivity index (χ3v) is 2.31. The van der Waals surface area contributed by atoms with E-state index in [1.807, 2.05) is 6.92 Å². The summed E-state index contributed by atoms with van der Waals surface area (Å²) < 4.78 is 13.1. The van der Waals surface area contributed by atoms with E-state index in [0.29, 0.717) is 6.42 Å². The van der Waals surface area contributed by atoms with Crippen LogP contribution in [-0.2, 0) is 0 Å². The van der Waals surface area contributed by atoms with E-state index in [0.717, 1.165) is 6.07 Å². The standard InChI is InChI=1S/C11H15FN2O2/c1-2-8(6-15)14-11(16)7-3-4-10(13)9(12)5-7/h3-5,8,15H,2,6,13H2,1H3,(H,14,16). The molecule has 0 bridgehead atoms. The fourth-order valence-corrected chi connectivity index (χ4v) is 1.21. The van der Waals surface area contributed by atoms with E-state index < -0.39 is 11.7 Å². The maximum absolute atomic E-state index is 13.1. The molecule has 1 unspecified atom stereocenters. The third-order valence-electron chi connectivity index (χ3n) is 2.31. The number of nitrogen functional groups attached to an aromatic ring is 1. The van der Waals surface area contributed by atoms with Crippen molar-refractivity contribution in [2.24, 2.45) is 0 Å². The van der Waals surface area contributed by atoms with Gasteiger partial charge in [-0.05, 0) is 24.6 Å². The summed E-state index contributed by atoms with van der Waals surface area (Å²) in [6.07, 6.45) is 0.611. The molecule has 0 saturated heterocycles. The fraction of sp³-hybridized carbons (Fsp3) is 0.364. The Bertz CT molecular complexity index is 378. The molecule has 1 aromatic carbocycles. The number of aliphatic hydroxyl groups excluding tert-OH is 1. The van der Waals surface area contributed by atoms with Crippen molar-refractivity contribution in [1.82, 2.24) is 5.32 Å². The highest BCUT2D eigenvalue weighted by atomic mass is 19.1. The van der Waals surface area contributed by atoms with Crippen LogP contribution in [0.4, 0.5) is 10.1 Å². The average Bonchev–Trinajstić information content (AvgIpc) is 2.29. The number of rotatable bonds is 4. The Balaban J connectivity index is 2.76. The largest absolute Gasteiger partial charge is 0.396 e. The number of hydrogen-bond acceptors (Lipinski definition) is 3. The Morgan fingerprint density at radius 1 is 1.62 bits per heavy atom. The molecule has 0 fully saturated rings. The number of nitrogens with one attached hydrogen (secondary N) is 1. The number of amides is 1. The Hall–Kier alpha value is -1.62. The topological polar surface area (TPSA) is 75.3 Å². The summed E-state index contributed by atoms with van der Waals surface area (Å²) in [5.41, 5.74) is 5.49. The van der Waals surface area contributed by atoms with Gasteiger partial charge in [0.1, 0.15) is 5.82 Å². The molecule has 0 saturated carbocycles. The van der Waals surface area contributed by atoms with Crippen molar-refractivity contribution < 1.29 is 14.3 Å². The van der Waals surface area contributed by atoms with Gasteiger partial charge in [-0.15, -0.1) is 0 Å². The van der Waals surface area contributed by atoms with Gasteiger partial charge in [0.05, 0.1) is 18.3 Å². The van der Waals surface area contributed by atoms with Gasteiger partial charge in [-0.3, -0.25) is 4.79 Å². The van der Waals surface area contributed by atoms with Crippen molar-refractivity contribution in [2.75, 3.05) is 12.3 Å². The lowest BCUT2D eigenvalue weighted by molar-refractivity contribution is 0.0914. The van der Waals surface area contributed by atoms with Gasteiger partial charge < -0.3 is 16.2 Å². The smallest absolute Gasteiger partial charge is 0.251 e. The van der Waals surface area contributed by atoms with E-state index in [-0.39, 0.29) is 23.9 Å². The maximum atomic E-state index is 13.1. The first-order valence-electron chi connectivity index (χ1n) is 5.05. The second kappa shape index (κ2) is 5.46. The Morgan fingerprint density at radius 3 is 2.81 bits per heavy atom. The summed E-state index contributed by atoms with van der Waals surface area (Å²) in [5.74, 6) is -1.04. The zero-order valence-electron chi connectivity index (χ0n) is 9.03. The fourth-order valence-electron chi connectivity index (χ4n) is 1.21. The Kier molecular flexibility index (Phi) is 4.25. The van der Waals surface area contributed by atoms with Gasteiger partial charge in [0.2, 0.25) is 0 Å². The van der Waals surface area contributed by atoms with Gasteiger partial charge >= 0.3 is 0 Å². The van der Waals surface area contributed by atoms with Crippen molar-refractivity contribution >= 4 is 11.6 Å². The van der Waals surface area contributed by atoms with Crippen molar-refractivity contribution in [1.29, 1.82) is 0 Å². The van der Waals surface area contributed by atoms with Gasteiger partial charge in [-0.1, -0.05) is 6.92 Å². The van der Waals surface area contributed by atoms with E-state index in [2.05, 4.69) is 5.32 Å². The number of benzene rings is 1. The molecule has 0 aliphatic heterocycles. The highest BCUT2D eigenvalue weighted by Gasteiger charge is 2.12. The number of carbonyl (C=O) groups excluding carboxylic acids is 1. The lowest BCUT2D eigenvalue weighted by atomic mass is 10.1. The van der Waals surface area contributed by atoms with Crippen LogP contribution in [0.15, 0.2) is 18.2 Å². The van der Waals surface area contributed by atoms with Crippen LogP contribution in [0, 0.1) is 5.82 Å². The van der Waals surface area contributed by atoms with E-state index >= 15 is 0 Å². The Morgan fingerprint density at radius 2 is 2.31 bits per heavy atom. The quantitative estimate of drug-likeness (QED) is 0.668. The number of hydrogen-bond donors (Lipinski definition) is 3. The first kappa shape index (κ1) is 12.4. The number of halogens is 1. The molecule has 0 aliphatic rings. The first-order valence-corrected chi connectivity index (χ1v) is 5.05. The lowest BCUT2D eigenvalue weighted by Gasteiger charge is -2.14. The maximum Gasteiger partial charge on any atom is 0.251 e. The van der Waals surface area contributed by atoms with Crippen molar-refractivity contribution in [3.63, 3.8) is 0 Å². The molecule has 4 N–H and O–H groups in total. The van der Waals surface area contributed by atoms with Crippen LogP contribution in [0.1, 0.15) is 23.7 Å². The molecule has 5 heteroatoms. The number of anilines is 1. The molecule has 1 aromatic rings. The molecule has 1 rings (SSSR count). The summed E-state index contributed by atoms with van der Waals surface area (Å²) in [6.45, 7) is 1.70. The highest BCUT2D eigenvalue weighted by molar-refractivity contribution is 5.94. The van der Waals surface area contributed by atoms with Gasteiger partial charge in [0.25, 0.3) is 5.91 Å². The van der Waals surface area contributed by atoms with Gasteiger partial charge in [0, 0.05) is 5.56 Å². The molecule has 0 radical (unpaired) electrons. The van der Waals surface area contributed by atoms with Crippen LogP contribution in [0.2, 0.25) is 0 Å². The number of nitrogens with two attached hydrogens (primary N) is 1. The molecular formula is C11H15FN2O2. The van der Waals surface area contributed by atoms with E-state index in [9.17, 15) is 9.18 Å². The molecule has 0 heterocycles. The molecule has 88 valence electrons. The van der Waals surface area contributed by atoms with Crippen LogP contribution in [-0.4, -0.2) is 23.7 Å². The second-order valence-corrected chi connectivity index (χ2v) is 3.50. The molecule has 0 aliphatic carbocycles. The van der Waals surface area contributed by atoms with Gasteiger partial charge in [0.15, 0.2) is 0 Å². The van der Waals surface area contributed by atoms with Crippen molar-refractivity contribution in [2.45, 2.75) is 19.4 Å². The van der Waals surface area contributed by atoms with Crippen molar-refractivity contribution in [3.8, 4) is 0 Å². The minimum atomic E-state index is -0.621. The molecule has 1 amide bonds. The molecule has 0 aromatic heterocycles. The van der Waals surface area contributed by atoms with Gasteiger partial charge in [-0.25, -0.2) is 4.39 Å². The minimum absolute atomic E-state index is 0.00532. The summed E-state index contributed by atoms with van der Waals surface area (Å²) in [7, 11) is 0. The monoisotopic (exact) mass is 226 g/mol. The molecule has 1 atom stereocenters. The van der Waals surface area contributed by atoms with E-state index in [1.165, 1.54) is 12.1 Å². The first-order chi connectivity index (χ1) is 7.58. The molecule has 16 heavy (non-hydrogen) atoms. The van der Waals surface area contributed by atoms with Crippen LogP contribution in [0.5, 0.6) is 0 Å². The minimum Gasteiger partial charge on any atom is -0.396 e. The van der Waals surface area contributed by atoms with E-state index in [4.69, 9.17) is 10.8 Å². The van der Waals surface area contributed by atoms with Crippen LogP contribution in [0.3, 0.4) is 0 Å². The molecule has 4 nitrogen and oxygen atoms in total. The second-order valence-electron chi connectivity index (χ2n) is 3.50. The predicted molar refractivity (Wildman–Crippen MR) is 59.4 cm³/mol. The van der Waals surface area contributed by atoms with Crippen LogP contribution in [0.25, 0.3) is 0 Å². The SMILES string of the molecule is CCC(CO)NC(=O)c1ccc(N)c(F)c1. The highest BCUT2D eigenvalue weighted by Crippen LogP contribution is 2.12. The van der Waals surface area contributed by atoms with Crippen molar-refractivity contribution in [3.05, 3.63) is 29.6 Å². The third kappa shape index (κ3) is 2.93. The molecule has 0 spiro atoms. The average molecular weight is 226 g/mol. The summed E-state index contributed by atoms with van der Waals surface area (Å²) in [5, 5.41) is 11.5. The Labute approximate surface area is 93.3 Å². The van der Waals surface area contributed by atoms with Crippen LogP contribution >= 0.6 is 0 Å². The zero-order valence-corrected chi connectivity index (χ0v) is 9.03. The summed E-state index contributed by atoms with van der Waals surface area (Å²) in [6, 6.07) is 3.55. The normalized spacial score (nSPS) is 12.2. The number of aliphatic hydroxyl groups is 1. The molecular weight excluding hydrogens is 211 g/mol. The summed E-state index contributed by atoms with van der Waals surface area (Å²) >= 11 is 0. The summed E-state index contributed by atoms with van der Waals surface area (Å²) in [4.78, 5) is 11.6.